The Labute approximate surface area is 200 Å². The maximum atomic E-state index is 12.8. The number of hydrogen-bond donors (Lipinski definition) is 8. The summed E-state index contributed by atoms with van der Waals surface area (Å²) in [7, 11) is 0. The highest BCUT2D eigenvalue weighted by Gasteiger charge is 2.31. The van der Waals surface area contributed by atoms with E-state index in [4.69, 9.17) is 26.8 Å². The van der Waals surface area contributed by atoms with Gasteiger partial charge in [0, 0.05) is 6.42 Å². The van der Waals surface area contributed by atoms with Gasteiger partial charge in [0.05, 0.1) is 19.1 Å². The van der Waals surface area contributed by atoms with Gasteiger partial charge in [-0.2, -0.15) is 0 Å². The molecule has 192 valence electrons. The average molecular weight is 495 g/mol. The van der Waals surface area contributed by atoms with Crippen LogP contribution in [0.5, 0.6) is 0 Å². The molecule has 1 aromatic rings. The summed E-state index contributed by atoms with van der Waals surface area (Å²) in [6.45, 7) is -0.963. The Morgan fingerprint density at radius 2 is 1.37 bits per heavy atom. The van der Waals surface area contributed by atoms with Crippen molar-refractivity contribution in [2.24, 2.45) is 11.5 Å². The quantitative estimate of drug-likeness (QED) is 0.121. The minimum Gasteiger partial charge on any atom is -0.481 e. The third kappa shape index (κ3) is 10.6. The molecule has 0 saturated heterocycles. The highest BCUT2D eigenvalue weighted by Crippen LogP contribution is 2.05. The van der Waals surface area contributed by atoms with Gasteiger partial charge >= 0.3 is 11.9 Å². The van der Waals surface area contributed by atoms with Crippen molar-refractivity contribution in [2.75, 3.05) is 6.61 Å². The molecule has 0 heterocycles. The molecule has 0 aromatic heterocycles. The lowest BCUT2D eigenvalue weighted by atomic mass is 10.0. The van der Waals surface area contributed by atoms with E-state index >= 15 is 0 Å². The normalized spacial score (nSPS) is 14.0. The lowest BCUT2D eigenvalue weighted by Gasteiger charge is -2.24. The van der Waals surface area contributed by atoms with E-state index in [0.29, 0.717) is 0 Å². The summed E-state index contributed by atoms with van der Waals surface area (Å²) in [5, 5.41) is 33.4. The number of carbonyl (C=O) groups is 6. The summed E-state index contributed by atoms with van der Waals surface area (Å²) < 4.78 is 0. The zero-order chi connectivity index (χ0) is 26.5. The number of aliphatic hydroxyl groups is 1. The fourth-order valence-corrected chi connectivity index (χ4v) is 2.92. The fraction of sp³-hybridized carbons (Fsp3) is 0.429. The van der Waals surface area contributed by atoms with E-state index in [1.807, 2.05) is 5.32 Å². The van der Waals surface area contributed by atoms with Crippen molar-refractivity contribution in [3.63, 3.8) is 0 Å². The molecule has 0 radical (unpaired) electrons. The minimum atomic E-state index is -1.71. The van der Waals surface area contributed by atoms with Crippen LogP contribution in [0.15, 0.2) is 30.3 Å². The standard InChI is InChI=1S/C21H29N5O9/c22-12(8-11-4-2-1-3-5-11)18(31)24-13(6-7-17(29)30)19(32)25-14(9-16(23)28)20(33)26-15(10-27)21(34)35/h1-5,12-15,27H,6-10,22H2,(H2,23,28)(H,24,31)(H,25,32)(H,26,33)(H,29,30)(H,34,35). The molecule has 0 aliphatic rings. The van der Waals surface area contributed by atoms with Gasteiger partial charge in [0.1, 0.15) is 18.1 Å². The van der Waals surface area contributed by atoms with E-state index < -0.39 is 79.2 Å². The molecule has 1 rings (SSSR count). The lowest BCUT2D eigenvalue weighted by Crippen LogP contribution is -2.58. The fourth-order valence-electron chi connectivity index (χ4n) is 2.92. The van der Waals surface area contributed by atoms with Crippen LogP contribution in [-0.2, 0) is 35.2 Å². The third-order valence-electron chi connectivity index (χ3n) is 4.75. The Hall–Kier alpha value is -4.04. The molecular weight excluding hydrogens is 466 g/mol. The van der Waals surface area contributed by atoms with Gasteiger partial charge in [-0.25, -0.2) is 4.79 Å². The van der Waals surface area contributed by atoms with E-state index in [-0.39, 0.29) is 12.8 Å². The van der Waals surface area contributed by atoms with Crippen LogP contribution in [0.25, 0.3) is 0 Å². The SMILES string of the molecule is NC(=O)CC(NC(=O)C(CCC(=O)O)NC(=O)C(N)Cc1ccccc1)C(=O)NC(CO)C(=O)O. The molecule has 0 aliphatic carbocycles. The molecule has 1 aromatic carbocycles. The van der Waals surface area contributed by atoms with Gasteiger partial charge in [0.15, 0.2) is 0 Å². The molecule has 14 heteroatoms. The highest BCUT2D eigenvalue weighted by molar-refractivity contribution is 5.96. The van der Waals surface area contributed by atoms with Crippen molar-refractivity contribution in [3.8, 4) is 0 Å². The van der Waals surface area contributed by atoms with Crippen LogP contribution in [-0.4, -0.2) is 81.7 Å². The predicted octanol–water partition coefficient (Wildman–Crippen LogP) is -3.17. The second kappa shape index (κ2) is 14.3. The van der Waals surface area contributed by atoms with Crippen LogP contribution >= 0.6 is 0 Å². The van der Waals surface area contributed by atoms with Crippen LogP contribution in [0.3, 0.4) is 0 Å². The number of aliphatic carboxylic acids is 2. The minimum absolute atomic E-state index is 0.129. The van der Waals surface area contributed by atoms with E-state index in [9.17, 15) is 28.8 Å². The van der Waals surface area contributed by atoms with Crippen LogP contribution in [0.4, 0.5) is 0 Å². The molecule has 0 saturated carbocycles. The zero-order valence-electron chi connectivity index (χ0n) is 18.7. The van der Waals surface area contributed by atoms with Gasteiger partial charge in [0.2, 0.25) is 23.6 Å². The van der Waals surface area contributed by atoms with E-state index in [0.717, 1.165) is 5.56 Å². The molecule has 4 unspecified atom stereocenters. The van der Waals surface area contributed by atoms with Gasteiger partial charge in [-0.1, -0.05) is 30.3 Å². The summed E-state index contributed by atoms with van der Waals surface area (Å²) in [5.41, 5.74) is 11.7. The number of nitrogens with two attached hydrogens (primary N) is 2. The second-order valence-corrected chi connectivity index (χ2v) is 7.60. The summed E-state index contributed by atoms with van der Waals surface area (Å²) >= 11 is 0. The first-order chi connectivity index (χ1) is 16.4. The molecule has 0 aliphatic heterocycles. The highest BCUT2D eigenvalue weighted by atomic mass is 16.4. The first-order valence-electron chi connectivity index (χ1n) is 10.5. The van der Waals surface area contributed by atoms with Gasteiger partial charge in [-0.3, -0.25) is 24.0 Å². The van der Waals surface area contributed by atoms with Gasteiger partial charge in [-0.15, -0.1) is 0 Å². The Morgan fingerprint density at radius 1 is 0.829 bits per heavy atom. The Kier molecular flexibility index (Phi) is 11.8. The number of aliphatic hydroxyl groups excluding tert-OH is 1. The Morgan fingerprint density at radius 3 is 1.89 bits per heavy atom. The zero-order valence-corrected chi connectivity index (χ0v) is 18.7. The summed E-state index contributed by atoms with van der Waals surface area (Å²) in [5.74, 6) is -6.77. The molecule has 4 atom stereocenters. The second-order valence-electron chi connectivity index (χ2n) is 7.60. The summed E-state index contributed by atoms with van der Waals surface area (Å²) in [6.07, 6.45) is -1.50. The van der Waals surface area contributed by atoms with Crippen molar-refractivity contribution in [3.05, 3.63) is 35.9 Å². The lowest BCUT2D eigenvalue weighted by molar-refractivity contribution is -0.143. The molecule has 4 amide bonds. The molecule has 14 nitrogen and oxygen atoms in total. The largest absolute Gasteiger partial charge is 0.481 e. The number of carbonyl (C=O) groups excluding carboxylic acids is 4. The van der Waals surface area contributed by atoms with Crippen LogP contribution in [0.1, 0.15) is 24.8 Å². The van der Waals surface area contributed by atoms with Gasteiger partial charge < -0.3 is 42.7 Å². The number of rotatable bonds is 15. The number of nitrogens with one attached hydrogen (secondary N) is 3. The number of amides is 4. The smallest absolute Gasteiger partial charge is 0.328 e. The molecule has 10 N–H and O–H groups in total. The maximum absolute atomic E-state index is 12.8. The van der Waals surface area contributed by atoms with Crippen LogP contribution in [0.2, 0.25) is 0 Å². The molecular formula is C21H29N5O9. The van der Waals surface area contributed by atoms with E-state index in [1.54, 1.807) is 30.3 Å². The molecule has 0 fully saturated rings. The van der Waals surface area contributed by atoms with Gasteiger partial charge in [0.25, 0.3) is 0 Å². The van der Waals surface area contributed by atoms with Crippen LogP contribution in [0, 0.1) is 0 Å². The summed E-state index contributed by atoms with van der Waals surface area (Å²) in [4.78, 5) is 71.2. The topological polar surface area (TPSA) is 251 Å². The predicted molar refractivity (Wildman–Crippen MR) is 119 cm³/mol. The van der Waals surface area contributed by atoms with Crippen molar-refractivity contribution in [2.45, 2.75) is 49.9 Å². The van der Waals surface area contributed by atoms with E-state index in [2.05, 4.69) is 10.6 Å². The molecule has 0 bridgehead atoms. The van der Waals surface area contributed by atoms with Crippen molar-refractivity contribution in [1.29, 1.82) is 0 Å². The number of benzene rings is 1. The maximum Gasteiger partial charge on any atom is 0.328 e. The van der Waals surface area contributed by atoms with Crippen LogP contribution < -0.4 is 27.4 Å². The molecule has 0 spiro atoms. The monoisotopic (exact) mass is 495 g/mol. The number of carboxylic acid groups (broad SMARTS) is 2. The number of carboxylic acids is 2. The first kappa shape index (κ1) is 29.0. The van der Waals surface area contributed by atoms with Gasteiger partial charge in [-0.05, 0) is 18.4 Å². The van der Waals surface area contributed by atoms with Crippen molar-refractivity contribution in [1.82, 2.24) is 16.0 Å². The number of primary amides is 1. The average Bonchev–Trinajstić information content (AvgIpc) is 2.79. The summed E-state index contributed by atoms with van der Waals surface area (Å²) in [6, 6.07) is 2.86. The third-order valence-corrected chi connectivity index (χ3v) is 4.75. The van der Waals surface area contributed by atoms with E-state index in [1.165, 1.54) is 0 Å². The molecule has 35 heavy (non-hydrogen) atoms. The van der Waals surface area contributed by atoms with Crippen molar-refractivity contribution < 1.29 is 44.1 Å². The number of hydrogen-bond acceptors (Lipinski definition) is 8. The Balaban J connectivity index is 2.97. The first-order valence-corrected chi connectivity index (χ1v) is 10.5. The Bertz CT molecular complexity index is 925. The van der Waals surface area contributed by atoms with Crippen molar-refractivity contribution >= 4 is 35.6 Å².